The van der Waals surface area contributed by atoms with Crippen molar-refractivity contribution in [3.63, 3.8) is 0 Å². The summed E-state index contributed by atoms with van der Waals surface area (Å²) in [5, 5.41) is 5.67. The molecule has 3 heteroatoms. The maximum absolute atomic E-state index is 6.52. The number of nitrogens with zero attached hydrogens (tertiary/aromatic N) is 1. The first kappa shape index (κ1) is 11.1. The van der Waals surface area contributed by atoms with Crippen LogP contribution in [0.3, 0.4) is 0 Å². The van der Waals surface area contributed by atoms with Crippen molar-refractivity contribution in [3.05, 3.63) is 35.0 Å². The van der Waals surface area contributed by atoms with Gasteiger partial charge in [-0.2, -0.15) is 0 Å². The quantitative estimate of drug-likeness (QED) is 0.864. The molecule has 1 atom stereocenters. The Morgan fingerprint density at radius 2 is 2.29 bits per heavy atom. The molecule has 1 N–H and O–H groups in total. The molecule has 0 aliphatic carbocycles. The number of halogens is 1. The van der Waals surface area contributed by atoms with Crippen LogP contribution < -0.4 is 5.32 Å². The maximum Gasteiger partial charge on any atom is 0.0681 e. The molecule has 3 rings (SSSR count). The zero-order valence-corrected chi connectivity index (χ0v) is 10.8. The molecule has 0 spiro atoms. The average molecular weight is 249 g/mol. The minimum atomic E-state index is 0.602. The van der Waals surface area contributed by atoms with Crippen molar-refractivity contribution in [1.29, 1.82) is 0 Å². The summed E-state index contributed by atoms with van der Waals surface area (Å²) in [6.07, 6.45) is 5.66. The molecule has 1 fully saturated rings. The van der Waals surface area contributed by atoms with Crippen LogP contribution in [0.5, 0.6) is 0 Å². The molecule has 0 amide bonds. The Kier molecular flexibility index (Phi) is 2.85. The number of aryl methyl sites for hydroxylation is 1. The topological polar surface area (TPSA) is 17.0 Å². The zero-order chi connectivity index (χ0) is 11.8. The van der Waals surface area contributed by atoms with Crippen LogP contribution in [-0.4, -0.2) is 17.2 Å². The number of fused-ring (bicyclic) bond motifs is 1. The summed E-state index contributed by atoms with van der Waals surface area (Å²) in [4.78, 5) is 0. The van der Waals surface area contributed by atoms with Gasteiger partial charge >= 0.3 is 0 Å². The van der Waals surface area contributed by atoms with Crippen molar-refractivity contribution < 1.29 is 0 Å². The Bertz CT molecular complexity index is 538. The Labute approximate surface area is 107 Å². The lowest BCUT2D eigenvalue weighted by Crippen LogP contribution is -2.23. The molecule has 2 aromatic rings. The van der Waals surface area contributed by atoms with Gasteiger partial charge in [-0.25, -0.2) is 0 Å². The van der Waals surface area contributed by atoms with Crippen molar-refractivity contribution in [3.8, 4) is 0 Å². The van der Waals surface area contributed by atoms with Gasteiger partial charge < -0.3 is 9.88 Å². The SMILES string of the molecule is Cn1ccc2ccc(CC3CCCN3)c(Cl)c21. The molecule has 17 heavy (non-hydrogen) atoms. The minimum absolute atomic E-state index is 0.602. The predicted octanol–water partition coefficient (Wildman–Crippen LogP) is 3.13. The summed E-state index contributed by atoms with van der Waals surface area (Å²) in [5.41, 5.74) is 2.42. The molecular formula is C14H17ClN2. The van der Waals surface area contributed by atoms with Gasteiger partial charge in [0, 0.05) is 24.7 Å². The third-order valence-corrected chi connectivity index (χ3v) is 4.11. The maximum atomic E-state index is 6.52. The third kappa shape index (κ3) is 1.96. The first-order valence-corrected chi connectivity index (χ1v) is 6.59. The molecule has 0 bridgehead atoms. The van der Waals surface area contributed by atoms with Gasteiger partial charge in [0.1, 0.15) is 0 Å². The number of hydrogen-bond donors (Lipinski definition) is 1. The molecular weight excluding hydrogens is 232 g/mol. The summed E-state index contributed by atoms with van der Waals surface area (Å²) in [5.74, 6) is 0. The van der Waals surface area contributed by atoms with Crippen LogP contribution in [0.1, 0.15) is 18.4 Å². The van der Waals surface area contributed by atoms with Gasteiger partial charge in [-0.3, -0.25) is 0 Å². The van der Waals surface area contributed by atoms with Crippen LogP contribution in [0, 0.1) is 0 Å². The Morgan fingerprint density at radius 1 is 1.41 bits per heavy atom. The van der Waals surface area contributed by atoms with E-state index < -0.39 is 0 Å². The summed E-state index contributed by atoms with van der Waals surface area (Å²) in [7, 11) is 2.05. The van der Waals surface area contributed by atoms with Crippen molar-refractivity contribution in [2.24, 2.45) is 7.05 Å². The second-order valence-electron chi connectivity index (χ2n) is 4.90. The van der Waals surface area contributed by atoms with E-state index in [-0.39, 0.29) is 0 Å². The van der Waals surface area contributed by atoms with Crippen LogP contribution in [0.4, 0.5) is 0 Å². The fourth-order valence-electron chi connectivity index (χ4n) is 2.73. The Balaban J connectivity index is 1.98. The van der Waals surface area contributed by atoms with Gasteiger partial charge in [-0.1, -0.05) is 23.7 Å². The number of hydrogen-bond acceptors (Lipinski definition) is 1. The molecule has 1 aliphatic rings. The lowest BCUT2D eigenvalue weighted by molar-refractivity contribution is 0.603. The van der Waals surface area contributed by atoms with Crippen molar-refractivity contribution in [2.45, 2.75) is 25.3 Å². The monoisotopic (exact) mass is 248 g/mol. The predicted molar refractivity (Wildman–Crippen MR) is 72.7 cm³/mol. The van der Waals surface area contributed by atoms with E-state index in [1.807, 2.05) is 7.05 Å². The van der Waals surface area contributed by atoms with Crippen molar-refractivity contribution >= 4 is 22.5 Å². The van der Waals surface area contributed by atoms with Crippen molar-refractivity contribution in [1.82, 2.24) is 9.88 Å². The number of aromatic nitrogens is 1. The Morgan fingerprint density at radius 3 is 3.06 bits per heavy atom. The molecule has 1 aromatic carbocycles. The van der Waals surface area contributed by atoms with E-state index in [9.17, 15) is 0 Å². The second-order valence-corrected chi connectivity index (χ2v) is 5.28. The molecule has 1 aliphatic heterocycles. The van der Waals surface area contributed by atoms with E-state index >= 15 is 0 Å². The van der Waals surface area contributed by atoms with Gasteiger partial charge in [0.05, 0.1) is 10.5 Å². The number of benzene rings is 1. The van der Waals surface area contributed by atoms with Gasteiger partial charge in [-0.15, -0.1) is 0 Å². The normalized spacial score (nSPS) is 20.2. The van der Waals surface area contributed by atoms with Crippen molar-refractivity contribution in [2.75, 3.05) is 6.54 Å². The largest absolute Gasteiger partial charge is 0.349 e. The smallest absolute Gasteiger partial charge is 0.0681 e. The van der Waals surface area contributed by atoms with E-state index in [1.54, 1.807) is 0 Å². The minimum Gasteiger partial charge on any atom is -0.349 e. The highest BCUT2D eigenvalue weighted by atomic mass is 35.5. The first-order valence-electron chi connectivity index (χ1n) is 6.21. The number of nitrogens with one attached hydrogen (secondary N) is 1. The second kappa shape index (κ2) is 4.35. The molecule has 90 valence electrons. The van der Waals surface area contributed by atoms with Gasteiger partial charge in [0.15, 0.2) is 0 Å². The summed E-state index contributed by atoms with van der Waals surface area (Å²) in [6, 6.07) is 7.06. The van der Waals surface area contributed by atoms with Gasteiger partial charge in [-0.05, 0) is 37.4 Å². The highest BCUT2D eigenvalue weighted by molar-refractivity contribution is 6.36. The fourth-order valence-corrected chi connectivity index (χ4v) is 3.12. The molecule has 2 nitrogen and oxygen atoms in total. The van der Waals surface area contributed by atoms with E-state index in [4.69, 9.17) is 11.6 Å². The molecule has 2 heterocycles. The summed E-state index contributed by atoms with van der Waals surface area (Å²) < 4.78 is 2.10. The van der Waals surface area contributed by atoms with Crippen LogP contribution in [0.2, 0.25) is 5.02 Å². The van der Waals surface area contributed by atoms with E-state index in [0.29, 0.717) is 6.04 Å². The van der Waals surface area contributed by atoms with Gasteiger partial charge in [0.25, 0.3) is 0 Å². The van der Waals surface area contributed by atoms with Gasteiger partial charge in [0.2, 0.25) is 0 Å². The molecule has 1 unspecified atom stereocenters. The third-order valence-electron chi connectivity index (χ3n) is 3.69. The summed E-state index contributed by atoms with van der Waals surface area (Å²) in [6.45, 7) is 1.15. The van der Waals surface area contributed by atoms with E-state index in [2.05, 4.69) is 34.3 Å². The standard InChI is InChI=1S/C14H17ClN2/c1-17-8-6-10-4-5-11(13(15)14(10)17)9-12-3-2-7-16-12/h4-6,8,12,16H,2-3,7,9H2,1H3. The molecule has 0 saturated carbocycles. The highest BCUT2D eigenvalue weighted by Gasteiger charge is 2.17. The molecule has 1 aromatic heterocycles. The van der Waals surface area contributed by atoms with Crippen LogP contribution in [-0.2, 0) is 13.5 Å². The first-order chi connectivity index (χ1) is 8.25. The fraction of sp³-hybridized carbons (Fsp3) is 0.429. The summed E-state index contributed by atoms with van der Waals surface area (Å²) >= 11 is 6.52. The zero-order valence-electron chi connectivity index (χ0n) is 10.0. The van der Waals surface area contributed by atoms with Crippen LogP contribution in [0.15, 0.2) is 24.4 Å². The lowest BCUT2D eigenvalue weighted by atomic mass is 10.0. The van der Waals surface area contributed by atoms with Crippen LogP contribution in [0.25, 0.3) is 10.9 Å². The molecule has 0 radical (unpaired) electrons. The lowest BCUT2D eigenvalue weighted by Gasteiger charge is -2.12. The van der Waals surface area contributed by atoms with E-state index in [0.717, 1.165) is 23.5 Å². The number of rotatable bonds is 2. The average Bonchev–Trinajstić information content (AvgIpc) is 2.93. The highest BCUT2D eigenvalue weighted by Crippen LogP contribution is 2.29. The molecule has 1 saturated heterocycles. The Hall–Kier alpha value is -0.990. The van der Waals surface area contributed by atoms with Crippen LogP contribution >= 0.6 is 11.6 Å². The van der Waals surface area contributed by atoms with E-state index in [1.165, 1.54) is 23.8 Å².